The third-order valence-electron chi connectivity index (χ3n) is 3.49. The van der Waals surface area contributed by atoms with E-state index in [0.717, 1.165) is 0 Å². The van der Waals surface area contributed by atoms with Crippen molar-refractivity contribution in [2.75, 3.05) is 18.4 Å². The Morgan fingerprint density at radius 3 is 2.37 bits per heavy atom. The lowest BCUT2D eigenvalue weighted by Crippen LogP contribution is -2.24. The molecule has 0 aliphatic carbocycles. The van der Waals surface area contributed by atoms with Gasteiger partial charge in [0.2, 0.25) is 10.0 Å². The summed E-state index contributed by atoms with van der Waals surface area (Å²) in [6.45, 7) is 2.15. The van der Waals surface area contributed by atoms with Gasteiger partial charge in [0.15, 0.2) is 0 Å². The third-order valence-corrected chi connectivity index (χ3v) is 4.89. The predicted molar refractivity (Wildman–Crippen MR) is 103 cm³/mol. The molecule has 0 bridgehead atoms. The highest BCUT2D eigenvalue weighted by Crippen LogP contribution is 2.15. The molecule has 0 radical (unpaired) electrons. The second-order valence-corrected chi connectivity index (χ2v) is 7.22. The number of nitrogens with one attached hydrogen (secondary N) is 3. The lowest BCUT2D eigenvalue weighted by Gasteiger charge is -2.09. The number of rotatable bonds is 7. The Bertz CT molecular complexity index is 994. The van der Waals surface area contributed by atoms with Gasteiger partial charge in [-0.15, -0.1) is 6.42 Å². The quantitative estimate of drug-likeness (QED) is 0.630. The molecule has 0 saturated carbocycles. The van der Waals surface area contributed by atoms with E-state index >= 15 is 0 Å². The average molecular weight is 385 g/mol. The summed E-state index contributed by atoms with van der Waals surface area (Å²) in [6, 6.07) is 12.0. The van der Waals surface area contributed by atoms with Crippen LogP contribution in [0.4, 0.5) is 5.69 Å². The minimum absolute atomic E-state index is 0.0681. The van der Waals surface area contributed by atoms with Crippen molar-refractivity contribution < 1.29 is 18.0 Å². The Balaban J connectivity index is 2.20. The summed E-state index contributed by atoms with van der Waals surface area (Å²) >= 11 is 0. The van der Waals surface area contributed by atoms with Gasteiger partial charge < -0.3 is 10.6 Å². The normalized spacial score (nSPS) is 10.7. The zero-order valence-corrected chi connectivity index (χ0v) is 15.5. The van der Waals surface area contributed by atoms with E-state index in [1.807, 2.05) is 6.92 Å². The Morgan fingerprint density at radius 1 is 1.04 bits per heavy atom. The number of carbonyl (C=O) groups excluding carboxylic acids is 2. The highest BCUT2D eigenvalue weighted by molar-refractivity contribution is 7.89. The number of carbonyl (C=O) groups is 2. The van der Waals surface area contributed by atoms with Crippen LogP contribution in [0.25, 0.3) is 0 Å². The maximum atomic E-state index is 12.5. The van der Waals surface area contributed by atoms with Gasteiger partial charge in [0, 0.05) is 23.4 Å². The molecule has 7 nitrogen and oxygen atoms in total. The van der Waals surface area contributed by atoms with Gasteiger partial charge in [0.25, 0.3) is 11.8 Å². The smallest absolute Gasteiger partial charge is 0.255 e. The predicted octanol–water partition coefficient (Wildman–Crippen LogP) is 1.60. The maximum absolute atomic E-state index is 12.5. The second kappa shape index (κ2) is 8.98. The van der Waals surface area contributed by atoms with E-state index in [1.165, 1.54) is 30.3 Å². The van der Waals surface area contributed by atoms with Gasteiger partial charge >= 0.3 is 0 Å². The van der Waals surface area contributed by atoms with E-state index in [4.69, 9.17) is 6.42 Å². The van der Waals surface area contributed by atoms with Crippen molar-refractivity contribution >= 4 is 27.5 Å². The molecule has 0 aliphatic heterocycles. The van der Waals surface area contributed by atoms with Gasteiger partial charge in [-0.3, -0.25) is 9.59 Å². The summed E-state index contributed by atoms with van der Waals surface area (Å²) in [6.07, 6.45) is 5.06. The van der Waals surface area contributed by atoms with Crippen LogP contribution in [-0.2, 0) is 10.0 Å². The first-order chi connectivity index (χ1) is 12.9. The van der Waals surface area contributed by atoms with E-state index in [2.05, 4.69) is 21.3 Å². The van der Waals surface area contributed by atoms with Gasteiger partial charge in [-0.05, 0) is 43.3 Å². The minimum Gasteiger partial charge on any atom is -0.352 e. The lowest BCUT2D eigenvalue weighted by molar-refractivity contribution is 0.0954. The van der Waals surface area contributed by atoms with Crippen LogP contribution in [0.3, 0.4) is 0 Å². The summed E-state index contributed by atoms with van der Waals surface area (Å²) in [4.78, 5) is 24.3. The van der Waals surface area contributed by atoms with Crippen LogP contribution >= 0.6 is 0 Å². The second-order valence-electron chi connectivity index (χ2n) is 5.45. The molecule has 0 unspecified atom stereocenters. The van der Waals surface area contributed by atoms with Crippen molar-refractivity contribution in [3.63, 3.8) is 0 Å². The molecule has 0 fully saturated rings. The number of amides is 2. The van der Waals surface area contributed by atoms with Crippen LogP contribution in [0.5, 0.6) is 0 Å². The summed E-state index contributed by atoms with van der Waals surface area (Å²) in [5, 5.41) is 5.33. The van der Waals surface area contributed by atoms with E-state index in [1.54, 1.807) is 18.2 Å². The Morgan fingerprint density at radius 2 is 1.70 bits per heavy atom. The van der Waals surface area contributed by atoms with Gasteiger partial charge in [0.1, 0.15) is 0 Å². The van der Waals surface area contributed by atoms with Crippen LogP contribution in [0.2, 0.25) is 0 Å². The molecule has 2 rings (SSSR count). The Kier molecular flexibility index (Phi) is 6.71. The third kappa shape index (κ3) is 5.41. The topological polar surface area (TPSA) is 104 Å². The first kappa shape index (κ1) is 20.2. The zero-order valence-electron chi connectivity index (χ0n) is 14.7. The number of benzene rings is 2. The minimum atomic E-state index is -3.80. The highest BCUT2D eigenvalue weighted by atomic mass is 32.2. The van der Waals surface area contributed by atoms with Crippen LogP contribution < -0.4 is 15.4 Å². The average Bonchev–Trinajstić information content (AvgIpc) is 2.67. The van der Waals surface area contributed by atoms with Crippen molar-refractivity contribution in [3.05, 3.63) is 59.7 Å². The fraction of sp³-hybridized carbons (Fsp3) is 0.158. The first-order valence-corrected chi connectivity index (χ1v) is 9.58. The molecule has 8 heteroatoms. The molecule has 0 spiro atoms. The number of anilines is 1. The number of terminal acetylenes is 1. The molecule has 2 amide bonds. The summed E-state index contributed by atoms with van der Waals surface area (Å²) in [5.41, 5.74) is 0.980. The van der Waals surface area contributed by atoms with E-state index < -0.39 is 15.9 Å². The van der Waals surface area contributed by atoms with Crippen LogP contribution in [0.1, 0.15) is 27.6 Å². The SMILES string of the molecule is C#CCNS(=O)(=O)c1cccc(C(=O)Nc2cccc(C(=O)NCC)c2)c1. The molecule has 27 heavy (non-hydrogen) atoms. The fourth-order valence-corrected chi connectivity index (χ4v) is 3.21. The molecule has 0 heterocycles. The standard InChI is InChI=1S/C19H19N3O4S/c1-3-11-21-27(25,26)17-10-6-8-15(13-17)19(24)22-16-9-5-7-14(12-16)18(23)20-4-2/h1,5-10,12-13,21H,4,11H2,2H3,(H,20,23)(H,22,24). The Hall–Kier alpha value is -3.15. The molecular formula is C19H19N3O4S. The van der Waals surface area contributed by atoms with Gasteiger partial charge in [-0.2, -0.15) is 4.72 Å². The van der Waals surface area contributed by atoms with Crippen LogP contribution in [-0.4, -0.2) is 33.3 Å². The molecular weight excluding hydrogens is 366 g/mol. The number of hydrogen-bond donors (Lipinski definition) is 3. The zero-order chi connectivity index (χ0) is 19.9. The largest absolute Gasteiger partial charge is 0.352 e. The van der Waals surface area contributed by atoms with E-state index in [-0.39, 0.29) is 22.9 Å². The molecule has 0 atom stereocenters. The van der Waals surface area contributed by atoms with Crippen molar-refractivity contribution in [1.82, 2.24) is 10.0 Å². The summed E-state index contributed by atoms with van der Waals surface area (Å²) in [5.74, 6) is 1.43. The molecule has 2 aromatic carbocycles. The fourth-order valence-electron chi connectivity index (χ4n) is 2.23. The van der Waals surface area contributed by atoms with Crippen molar-refractivity contribution in [3.8, 4) is 12.3 Å². The van der Waals surface area contributed by atoms with Gasteiger partial charge in [0.05, 0.1) is 11.4 Å². The van der Waals surface area contributed by atoms with Crippen molar-refractivity contribution in [2.24, 2.45) is 0 Å². The lowest BCUT2D eigenvalue weighted by atomic mass is 10.1. The first-order valence-electron chi connectivity index (χ1n) is 8.10. The van der Waals surface area contributed by atoms with Gasteiger partial charge in [-0.25, -0.2) is 8.42 Å². The molecule has 0 aliphatic rings. The monoisotopic (exact) mass is 385 g/mol. The molecule has 0 aromatic heterocycles. The number of hydrogen-bond acceptors (Lipinski definition) is 4. The highest BCUT2D eigenvalue weighted by Gasteiger charge is 2.16. The number of sulfonamides is 1. The van der Waals surface area contributed by atoms with Crippen LogP contribution in [0.15, 0.2) is 53.4 Å². The van der Waals surface area contributed by atoms with Gasteiger partial charge in [-0.1, -0.05) is 18.1 Å². The maximum Gasteiger partial charge on any atom is 0.255 e. The van der Waals surface area contributed by atoms with Crippen molar-refractivity contribution in [1.29, 1.82) is 0 Å². The summed E-state index contributed by atoms with van der Waals surface area (Å²) < 4.78 is 26.5. The summed E-state index contributed by atoms with van der Waals surface area (Å²) in [7, 11) is -3.80. The molecule has 140 valence electrons. The Labute approximate surface area is 158 Å². The van der Waals surface area contributed by atoms with Crippen molar-refractivity contribution in [2.45, 2.75) is 11.8 Å². The molecule has 3 N–H and O–H groups in total. The van der Waals surface area contributed by atoms with E-state index in [0.29, 0.717) is 17.8 Å². The molecule has 0 saturated heterocycles. The molecule has 2 aromatic rings. The van der Waals surface area contributed by atoms with Crippen LogP contribution in [0, 0.1) is 12.3 Å². The van der Waals surface area contributed by atoms with E-state index in [9.17, 15) is 18.0 Å².